The van der Waals surface area contributed by atoms with Crippen LogP contribution in [-0.4, -0.2) is 44.3 Å². The number of rotatable bonds is 3. The lowest BCUT2D eigenvalue weighted by Gasteiger charge is -2.32. The number of carbonyl (C=O) groups is 1. The molecule has 1 saturated heterocycles. The highest BCUT2D eigenvalue weighted by Crippen LogP contribution is 2.21. The summed E-state index contributed by atoms with van der Waals surface area (Å²) in [4.78, 5) is 13.2. The smallest absolute Gasteiger partial charge is 0.409 e. The fourth-order valence-corrected chi connectivity index (χ4v) is 2.17. The minimum absolute atomic E-state index is 0.184. The normalized spacial score (nSPS) is 23.7. The molecule has 0 aromatic carbocycles. The molecule has 0 aromatic rings. The first kappa shape index (κ1) is 12.3. The van der Waals surface area contributed by atoms with Crippen LogP contribution in [0, 0.1) is 5.92 Å². The number of likely N-dealkylation sites (tertiary alicyclic amines) is 1. The largest absolute Gasteiger partial charge is 0.453 e. The molecule has 1 aliphatic rings. The molecule has 15 heavy (non-hydrogen) atoms. The zero-order chi connectivity index (χ0) is 11.3. The van der Waals surface area contributed by atoms with Crippen molar-refractivity contribution in [2.24, 2.45) is 5.92 Å². The topological polar surface area (TPSA) is 41.6 Å². The van der Waals surface area contributed by atoms with Crippen LogP contribution in [0.5, 0.6) is 0 Å². The third-order valence-electron chi connectivity index (χ3n) is 3.13. The van der Waals surface area contributed by atoms with Gasteiger partial charge in [-0.15, -0.1) is 0 Å². The summed E-state index contributed by atoms with van der Waals surface area (Å²) in [5.74, 6) is 0.611. The summed E-state index contributed by atoms with van der Waals surface area (Å²) >= 11 is 0. The zero-order valence-corrected chi connectivity index (χ0v) is 9.95. The highest BCUT2D eigenvalue weighted by Gasteiger charge is 2.24. The van der Waals surface area contributed by atoms with Crippen molar-refractivity contribution >= 4 is 6.09 Å². The number of hydrogen-bond donors (Lipinski definition) is 1. The average molecular weight is 214 g/mol. The molecule has 2 atom stereocenters. The predicted octanol–water partition coefficient (Wildman–Crippen LogP) is 1.46. The maximum Gasteiger partial charge on any atom is 0.409 e. The van der Waals surface area contributed by atoms with E-state index in [0.29, 0.717) is 12.0 Å². The standard InChI is InChI=1S/C11H22N2O2/c1-9(12-2)7-10-5-4-6-13(8-10)11(14)15-3/h9-10,12H,4-8H2,1-3H3. The van der Waals surface area contributed by atoms with E-state index in [1.165, 1.54) is 13.5 Å². The molecular formula is C11H22N2O2. The van der Waals surface area contributed by atoms with Gasteiger partial charge in [-0.2, -0.15) is 0 Å². The van der Waals surface area contributed by atoms with Gasteiger partial charge in [0.15, 0.2) is 0 Å². The van der Waals surface area contributed by atoms with Crippen molar-refractivity contribution < 1.29 is 9.53 Å². The molecule has 4 nitrogen and oxygen atoms in total. The first-order valence-electron chi connectivity index (χ1n) is 5.67. The summed E-state index contributed by atoms with van der Waals surface area (Å²) in [6.45, 7) is 3.87. The first-order valence-corrected chi connectivity index (χ1v) is 5.67. The van der Waals surface area contributed by atoms with Crippen LogP contribution in [-0.2, 0) is 4.74 Å². The van der Waals surface area contributed by atoms with Crippen molar-refractivity contribution in [3.63, 3.8) is 0 Å². The predicted molar refractivity (Wildman–Crippen MR) is 59.8 cm³/mol. The van der Waals surface area contributed by atoms with E-state index < -0.39 is 0 Å². The Morgan fingerprint density at radius 3 is 3.00 bits per heavy atom. The van der Waals surface area contributed by atoms with Crippen LogP contribution in [0.4, 0.5) is 4.79 Å². The van der Waals surface area contributed by atoms with Crippen LogP contribution in [0.3, 0.4) is 0 Å². The minimum atomic E-state index is -0.184. The number of piperidine rings is 1. The average Bonchev–Trinajstić information content (AvgIpc) is 2.28. The molecule has 2 unspecified atom stereocenters. The molecule has 88 valence electrons. The van der Waals surface area contributed by atoms with Crippen LogP contribution < -0.4 is 5.32 Å². The van der Waals surface area contributed by atoms with E-state index >= 15 is 0 Å². The minimum Gasteiger partial charge on any atom is -0.453 e. The summed E-state index contributed by atoms with van der Waals surface area (Å²) in [7, 11) is 3.42. The number of nitrogens with one attached hydrogen (secondary N) is 1. The monoisotopic (exact) mass is 214 g/mol. The van der Waals surface area contributed by atoms with Gasteiger partial charge in [-0.25, -0.2) is 4.79 Å². The van der Waals surface area contributed by atoms with Gasteiger partial charge >= 0.3 is 6.09 Å². The van der Waals surface area contributed by atoms with E-state index in [1.807, 2.05) is 11.9 Å². The summed E-state index contributed by atoms with van der Waals surface area (Å²) in [5, 5.41) is 3.24. The molecule has 0 saturated carbocycles. The van der Waals surface area contributed by atoms with Crippen LogP contribution in [0.2, 0.25) is 0 Å². The maximum atomic E-state index is 11.4. The molecule has 0 radical (unpaired) electrons. The number of methoxy groups -OCH3 is 1. The van der Waals surface area contributed by atoms with Gasteiger partial charge in [-0.3, -0.25) is 0 Å². The summed E-state index contributed by atoms with van der Waals surface area (Å²) in [6.07, 6.45) is 3.26. The lowest BCUT2D eigenvalue weighted by Crippen LogP contribution is -2.41. The van der Waals surface area contributed by atoms with Gasteiger partial charge in [0, 0.05) is 19.1 Å². The van der Waals surface area contributed by atoms with E-state index in [-0.39, 0.29) is 6.09 Å². The third kappa shape index (κ3) is 3.70. The maximum absolute atomic E-state index is 11.4. The van der Waals surface area contributed by atoms with Gasteiger partial charge in [0.1, 0.15) is 0 Å². The second kappa shape index (κ2) is 5.95. The van der Waals surface area contributed by atoms with E-state index in [4.69, 9.17) is 4.74 Å². The van der Waals surface area contributed by atoms with Crippen molar-refractivity contribution in [2.45, 2.75) is 32.2 Å². The third-order valence-corrected chi connectivity index (χ3v) is 3.13. The summed E-state index contributed by atoms with van der Waals surface area (Å²) < 4.78 is 4.74. The van der Waals surface area contributed by atoms with E-state index in [0.717, 1.165) is 25.9 Å². The Balaban J connectivity index is 2.38. The Kier molecular flexibility index (Phi) is 4.88. The highest BCUT2D eigenvalue weighted by atomic mass is 16.5. The first-order chi connectivity index (χ1) is 7.17. The molecule has 1 heterocycles. The zero-order valence-electron chi connectivity index (χ0n) is 9.95. The van der Waals surface area contributed by atoms with Crippen LogP contribution in [0.25, 0.3) is 0 Å². The number of nitrogens with zero attached hydrogens (tertiary/aromatic N) is 1. The number of ether oxygens (including phenoxy) is 1. The second-order valence-corrected chi connectivity index (χ2v) is 4.35. The fourth-order valence-electron chi connectivity index (χ4n) is 2.17. The molecule has 1 fully saturated rings. The van der Waals surface area contributed by atoms with Crippen molar-refractivity contribution in [2.75, 3.05) is 27.2 Å². The van der Waals surface area contributed by atoms with Crippen molar-refractivity contribution in [1.82, 2.24) is 10.2 Å². The fraction of sp³-hybridized carbons (Fsp3) is 0.909. The van der Waals surface area contributed by atoms with Gasteiger partial charge in [-0.1, -0.05) is 0 Å². The molecule has 1 N–H and O–H groups in total. The van der Waals surface area contributed by atoms with Gasteiger partial charge in [0.05, 0.1) is 7.11 Å². The van der Waals surface area contributed by atoms with Gasteiger partial charge in [0.25, 0.3) is 0 Å². The summed E-state index contributed by atoms with van der Waals surface area (Å²) in [6, 6.07) is 0.521. The highest BCUT2D eigenvalue weighted by molar-refractivity contribution is 5.67. The van der Waals surface area contributed by atoms with Crippen molar-refractivity contribution in [3.8, 4) is 0 Å². The van der Waals surface area contributed by atoms with Gasteiger partial charge in [0.2, 0.25) is 0 Å². The Morgan fingerprint density at radius 1 is 1.67 bits per heavy atom. The number of amides is 1. The number of hydrogen-bond acceptors (Lipinski definition) is 3. The number of carbonyl (C=O) groups excluding carboxylic acids is 1. The lowest BCUT2D eigenvalue weighted by atomic mass is 9.92. The molecule has 1 rings (SSSR count). The lowest BCUT2D eigenvalue weighted by molar-refractivity contribution is 0.0990. The molecule has 1 amide bonds. The molecule has 0 aliphatic carbocycles. The summed E-state index contributed by atoms with van der Waals surface area (Å²) in [5.41, 5.74) is 0. The molecule has 1 aliphatic heterocycles. The second-order valence-electron chi connectivity index (χ2n) is 4.35. The Morgan fingerprint density at radius 2 is 2.40 bits per heavy atom. The Hall–Kier alpha value is -0.770. The quantitative estimate of drug-likeness (QED) is 0.773. The Labute approximate surface area is 92.0 Å². The molecular weight excluding hydrogens is 192 g/mol. The van der Waals surface area contributed by atoms with Gasteiger partial charge in [-0.05, 0) is 39.2 Å². The van der Waals surface area contributed by atoms with E-state index in [2.05, 4.69) is 12.2 Å². The van der Waals surface area contributed by atoms with Gasteiger partial charge < -0.3 is 15.0 Å². The Bertz CT molecular complexity index is 209. The van der Waals surface area contributed by atoms with Crippen molar-refractivity contribution in [1.29, 1.82) is 0 Å². The van der Waals surface area contributed by atoms with Crippen LogP contribution in [0.15, 0.2) is 0 Å². The van der Waals surface area contributed by atoms with E-state index in [1.54, 1.807) is 0 Å². The van der Waals surface area contributed by atoms with E-state index in [9.17, 15) is 4.79 Å². The molecule has 0 bridgehead atoms. The van der Waals surface area contributed by atoms with Crippen molar-refractivity contribution in [3.05, 3.63) is 0 Å². The molecule has 0 aromatic heterocycles. The SMILES string of the molecule is CNC(C)CC1CCCN(C(=O)OC)C1. The van der Waals surface area contributed by atoms with Crippen LogP contribution in [0.1, 0.15) is 26.2 Å². The molecule has 4 heteroatoms. The van der Waals surface area contributed by atoms with Crippen LogP contribution >= 0.6 is 0 Å². The molecule has 0 spiro atoms.